The second kappa shape index (κ2) is 6.07. The monoisotopic (exact) mass is 264 g/mol. The highest BCUT2D eigenvalue weighted by molar-refractivity contribution is 5.03. The number of ether oxygens (including phenoxy) is 1. The Morgan fingerprint density at radius 2 is 2.47 bits per heavy atom. The lowest BCUT2D eigenvalue weighted by Crippen LogP contribution is -2.54. The second-order valence-electron chi connectivity index (χ2n) is 5.61. The molecule has 19 heavy (non-hydrogen) atoms. The Morgan fingerprint density at radius 1 is 1.53 bits per heavy atom. The highest BCUT2D eigenvalue weighted by Gasteiger charge is 2.35. The molecule has 1 aromatic heterocycles. The van der Waals surface area contributed by atoms with Crippen LogP contribution >= 0.6 is 0 Å². The van der Waals surface area contributed by atoms with Gasteiger partial charge < -0.3 is 14.5 Å². The number of nitrogens with zero attached hydrogens (tertiary/aromatic N) is 1. The van der Waals surface area contributed by atoms with Gasteiger partial charge in [-0.2, -0.15) is 0 Å². The van der Waals surface area contributed by atoms with E-state index in [1.165, 1.54) is 19.4 Å². The third-order valence-corrected chi connectivity index (χ3v) is 4.33. The second-order valence-corrected chi connectivity index (χ2v) is 5.61. The number of likely N-dealkylation sites (N-methyl/N-ethyl adjacent to an activating group) is 1. The predicted molar refractivity (Wildman–Crippen MR) is 74.2 cm³/mol. The molecular weight excluding hydrogens is 240 g/mol. The maximum Gasteiger partial charge on any atom is 0.105 e. The van der Waals surface area contributed by atoms with Crippen molar-refractivity contribution in [2.24, 2.45) is 0 Å². The molecule has 2 aliphatic heterocycles. The summed E-state index contributed by atoms with van der Waals surface area (Å²) in [5.74, 6) is 1.04. The molecule has 3 rings (SSSR count). The van der Waals surface area contributed by atoms with Gasteiger partial charge in [-0.15, -0.1) is 0 Å². The van der Waals surface area contributed by atoms with E-state index in [0.29, 0.717) is 12.1 Å². The number of hydrogen-bond acceptors (Lipinski definition) is 4. The first-order valence-electron chi connectivity index (χ1n) is 7.48. The third kappa shape index (κ3) is 3.02. The van der Waals surface area contributed by atoms with Crippen molar-refractivity contribution in [3.8, 4) is 0 Å². The number of hydrogen-bond donors (Lipinski definition) is 1. The Morgan fingerprint density at radius 3 is 3.26 bits per heavy atom. The first kappa shape index (κ1) is 13.2. The van der Waals surface area contributed by atoms with Gasteiger partial charge in [0.25, 0.3) is 0 Å². The molecule has 2 aliphatic rings. The van der Waals surface area contributed by atoms with Gasteiger partial charge in [0.05, 0.1) is 19.0 Å². The summed E-state index contributed by atoms with van der Waals surface area (Å²) in [7, 11) is 0. The number of fused-ring (bicyclic) bond motifs is 1. The van der Waals surface area contributed by atoms with Crippen LogP contribution < -0.4 is 5.32 Å². The van der Waals surface area contributed by atoms with E-state index in [4.69, 9.17) is 9.15 Å². The van der Waals surface area contributed by atoms with E-state index < -0.39 is 0 Å². The Labute approximate surface area is 115 Å². The van der Waals surface area contributed by atoms with E-state index in [1.54, 1.807) is 6.26 Å². The van der Waals surface area contributed by atoms with Crippen LogP contribution in [0.4, 0.5) is 0 Å². The number of morpholine rings is 1. The fourth-order valence-electron chi connectivity index (χ4n) is 3.33. The Hall–Kier alpha value is -0.840. The van der Waals surface area contributed by atoms with Crippen molar-refractivity contribution in [3.05, 3.63) is 24.2 Å². The van der Waals surface area contributed by atoms with Crippen molar-refractivity contribution in [2.45, 2.75) is 44.4 Å². The summed E-state index contributed by atoms with van der Waals surface area (Å²) in [6, 6.07) is 5.02. The minimum atomic E-state index is 0.277. The molecule has 0 bridgehead atoms. The summed E-state index contributed by atoms with van der Waals surface area (Å²) in [4.78, 5) is 2.60. The summed E-state index contributed by atoms with van der Waals surface area (Å²) in [6.07, 6.45) is 5.56. The van der Waals surface area contributed by atoms with E-state index in [0.717, 1.165) is 31.9 Å². The van der Waals surface area contributed by atoms with Gasteiger partial charge in [0.15, 0.2) is 0 Å². The standard InChI is InChI=1S/C15H24N2O2/c1-2-16-14(9-13-6-4-8-18-13)15-10-17-7-3-5-12(17)11-19-15/h4,6,8,12,14-16H,2-3,5,7,9-11H2,1H3. The lowest BCUT2D eigenvalue weighted by atomic mass is 10.0. The van der Waals surface area contributed by atoms with Crippen LogP contribution in [-0.4, -0.2) is 49.3 Å². The SMILES string of the molecule is CCNC(Cc1ccco1)C1CN2CCCC2CO1. The average molecular weight is 264 g/mol. The third-order valence-electron chi connectivity index (χ3n) is 4.33. The van der Waals surface area contributed by atoms with E-state index in [2.05, 4.69) is 17.1 Å². The minimum absolute atomic E-state index is 0.277. The molecule has 0 amide bonds. The van der Waals surface area contributed by atoms with Gasteiger partial charge in [-0.05, 0) is 38.1 Å². The van der Waals surface area contributed by atoms with Crippen molar-refractivity contribution in [3.63, 3.8) is 0 Å². The molecule has 0 radical (unpaired) electrons. The van der Waals surface area contributed by atoms with Crippen molar-refractivity contribution >= 4 is 0 Å². The zero-order valence-corrected chi connectivity index (χ0v) is 11.7. The molecular formula is C15H24N2O2. The molecule has 4 nitrogen and oxygen atoms in total. The van der Waals surface area contributed by atoms with Gasteiger partial charge in [-0.3, -0.25) is 4.90 Å². The smallest absolute Gasteiger partial charge is 0.105 e. The zero-order chi connectivity index (χ0) is 13.1. The quantitative estimate of drug-likeness (QED) is 0.878. The minimum Gasteiger partial charge on any atom is -0.469 e. The first-order chi connectivity index (χ1) is 9.36. The number of furan rings is 1. The van der Waals surface area contributed by atoms with E-state index in [-0.39, 0.29) is 6.10 Å². The molecule has 3 heterocycles. The predicted octanol–water partition coefficient (Wildman–Crippen LogP) is 1.66. The van der Waals surface area contributed by atoms with Gasteiger partial charge in [0, 0.05) is 25.0 Å². The number of rotatable bonds is 5. The van der Waals surface area contributed by atoms with Gasteiger partial charge >= 0.3 is 0 Å². The molecule has 3 unspecified atom stereocenters. The molecule has 0 aliphatic carbocycles. The van der Waals surface area contributed by atoms with Crippen LogP contribution in [0, 0.1) is 0 Å². The fraction of sp³-hybridized carbons (Fsp3) is 0.733. The summed E-state index contributed by atoms with van der Waals surface area (Å²) in [5, 5.41) is 3.56. The topological polar surface area (TPSA) is 37.6 Å². The van der Waals surface area contributed by atoms with Crippen LogP contribution in [0.3, 0.4) is 0 Å². The van der Waals surface area contributed by atoms with Crippen molar-refractivity contribution < 1.29 is 9.15 Å². The molecule has 0 spiro atoms. The van der Waals surface area contributed by atoms with Crippen molar-refractivity contribution in [2.75, 3.05) is 26.2 Å². The first-order valence-corrected chi connectivity index (χ1v) is 7.48. The van der Waals surface area contributed by atoms with Gasteiger partial charge in [-0.1, -0.05) is 6.92 Å². The Bertz CT molecular complexity index is 380. The van der Waals surface area contributed by atoms with E-state index in [1.807, 2.05) is 12.1 Å². The zero-order valence-electron chi connectivity index (χ0n) is 11.7. The van der Waals surface area contributed by atoms with Crippen LogP contribution in [0.1, 0.15) is 25.5 Å². The lowest BCUT2D eigenvalue weighted by Gasteiger charge is -2.39. The average Bonchev–Trinajstić information content (AvgIpc) is 3.08. The molecule has 1 aromatic rings. The van der Waals surface area contributed by atoms with Crippen LogP contribution in [0.5, 0.6) is 0 Å². The molecule has 106 valence electrons. The molecule has 3 atom stereocenters. The maximum absolute atomic E-state index is 6.11. The maximum atomic E-state index is 6.11. The highest BCUT2D eigenvalue weighted by Crippen LogP contribution is 2.24. The summed E-state index contributed by atoms with van der Waals surface area (Å²) in [6.45, 7) is 6.31. The van der Waals surface area contributed by atoms with Gasteiger partial charge in [0.2, 0.25) is 0 Å². The molecule has 0 saturated carbocycles. The molecule has 2 saturated heterocycles. The molecule has 2 fully saturated rings. The molecule has 4 heteroatoms. The largest absolute Gasteiger partial charge is 0.469 e. The van der Waals surface area contributed by atoms with Gasteiger partial charge in [0.1, 0.15) is 5.76 Å². The van der Waals surface area contributed by atoms with Crippen molar-refractivity contribution in [1.29, 1.82) is 0 Å². The fourth-order valence-corrected chi connectivity index (χ4v) is 3.33. The summed E-state index contributed by atoms with van der Waals surface area (Å²) in [5.41, 5.74) is 0. The molecule has 0 aromatic carbocycles. The highest BCUT2D eigenvalue weighted by atomic mass is 16.5. The summed E-state index contributed by atoms with van der Waals surface area (Å²) >= 11 is 0. The van der Waals surface area contributed by atoms with E-state index in [9.17, 15) is 0 Å². The molecule has 1 N–H and O–H groups in total. The normalized spacial score (nSPS) is 29.3. The van der Waals surface area contributed by atoms with Crippen molar-refractivity contribution in [1.82, 2.24) is 10.2 Å². The van der Waals surface area contributed by atoms with E-state index >= 15 is 0 Å². The van der Waals surface area contributed by atoms with Gasteiger partial charge in [-0.25, -0.2) is 0 Å². The Kier molecular flexibility index (Phi) is 4.21. The van der Waals surface area contributed by atoms with Crippen LogP contribution in [0.15, 0.2) is 22.8 Å². The summed E-state index contributed by atoms with van der Waals surface area (Å²) < 4.78 is 11.6. The van der Waals surface area contributed by atoms with Crippen LogP contribution in [-0.2, 0) is 11.2 Å². The lowest BCUT2D eigenvalue weighted by molar-refractivity contribution is -0.0647. The number of nitrogens with one attached hydrogen (secondary N) is 1. The Balaban J connectivity index is 1.62. The van der Waals surface area contributed by atoms with Crippen LogP contribution in [0.2, 0.25) is 0 Å². The van der Waals surface area contributed by atoms with Crippen LogP contribution in [0.25, 0.3) is 0 Å².